The average molecular weight is 324 g/mol. The summed E-state index contributed by atoms with van der Waals surface area (Å²) < 4.78 is 7.37. The molecule has 0 radical (unpaired) electrons. The van der Waals surface area contributed by atoms with Gasteiger partial charge in [-0.3, -0.25) is 4.40 Å². The van der Waals surface area contributed by atoms with Gasteiger partial charge < -0.3 is 15.0 Å². The lowest BCUT2D eigenvalue weighted by Crippen LogP contribution is -2.42. The number of piperidine rings is 1. The monoisotopic (exact) mass is 324 g/mol. The number of nitrogens with one attached hydrogen (secondary N) is 1. The third-order valence-electron chi connectivity index (χ3n) is 4.40. The first-order valence-corrected chi connectivity index (χ1v) is 8.14. The molecule has 0 spiro atoms. The van der Waals surface area contributed by atoms with Gasteiger partial charge in [0.15, 0.2) is 5.82 Å². The standard InChI is InChI=1S/C17H20N6O/c1-24-15-7-3-2-6-14(15)22-9-4-5-13(11-22)20-16-17-21-19-12-23(17)10-8-18-16/h2-3,6-8,10,12-13H,4-5,9,11H2,1H3,(H,18,20). The van der Waals surface area contributed by atoms with Gasteiger partial charge in [-0.2, -0.15) is 0 Å². The summed E-state index contributed by atoms with van der Waals surface area (Å²) in [4.78, 5) is 6.79. The van der Waals surface area contributed by atoms with Gasteiger partial charge >= 0.3 is 0 Å². The number of ether oxygens (including phenoxy) is 1. The van der Waals surface area contributed by atoms with Crippen molar-refractivity contribution >= 4 is 17.2 Å². The highest BCUT2D eigenvalue weighted by molar-refractivity contribution is 5.63. The molecule has 2 aromatic heterocycles. The van der Waals surface area contributed by atoms with E-state index in [0.717, 1.165) is 48.8 Å². The van der Waals surface area contributed by atoms with Crippen molar-refractivity contribution in [1.82, 2.24) is 19.6 Å². The Morgan fingerprint density at radius 2 is 2.21 bits per heavy atom. The molecular formula is C17H20N6O. The average Bonchev–Trinajstić information content (AvgIpc) is 3.12. The van der Waals surface area contributed by atoms with Gasteiger partial charge in [-0.05, 0) is 25.0 Å². The largest absolute Gasteiger partial charge is 0.495 e. The van der Waals surface area contributed by atoms with Crippen LogP contribution in [0.5, 0.6) is 5.75 Å². The fourth-order valence-corrected chi connectivity index (χ4v) is 3.26. The molecule has 1 N–H and O–H groups in total. The number of hydrogen-bond donors (Lipinski definition) is 1. The van der Waals surface area contributed by atoms with Crippen LogP contribution in [0.25, 0.3) is 5.65 Å². The normalized spacial score (nSPS) is 17.9. The highest BCUT2D eigenvalue weighted by atomic mass is 16.5. The third kappa shape index (κ3) is 2.73. The Hall–Kier alpha value is -2.83. The van der Waals surface area contributed by atoms with Gasteiger partial charge in [-0.25, -0.2) is 4.98 Å². The van der Waals surface area contributed by atoms with Crippen molar-refractivity contribution < 1.29 is 4.74 Å². The molecule has 1 aliphatic rings. The third-order valence-corrected chi connectivity index (χ3v) is 4.40. The van der Waals surface area contributed by atoms with Crippen LogP contribution >= 0.6 is 0 Å². The number of para-hydroxylation sites is 2. The van der Waals surface area contributed by atoms with Crippen molar-refractivity contribution in [2.24, 2.45) is 0 Å². The smallest absolute Gasteiger partial charge is 0.203 e. The summed E-state index contributed by atoms with van der Waals surface area (Å²) in [5.74, 6) is 1.69. The van der Waals surface area contributed by atoms with E-state index in [1.54, 1.807) is 19.6 Å². The van der Waals surface area contributed by atoms with E-state index in [-0.39, 0.29) is 0 Å². The number of methoxy groups -OCH3 is 1. The number of benzene rings is 1. The van der Waals surface area contributed by atoms with Gasteiger partial charge in [0.2, 0.25) is 5.65 Å². The van der Waals surface area contributed by atoms with E-state index in [0.29, 0.717) is 6.04 Å². The first kappa shape index (κ1) is 14.7. The zero-order chi connectivity index (χ0) is 16.4. The highest BCUT2D eigenvalue weighted by Crippen LogP contribution is 2.30. The molecule has 3 heterocycles. The van der Waals surface area contributed by atoms with Gasteiger partial charge in [0.1, 0.15) is 12.1 Å². The molecule has 7 nitrogen and oxygen atoms in total. The molecule has 7 heteroatoms. The Balaban J connectivity index is 1.54. The molecule has 1 atom stereocenters. The zero-order valence-corrected chi connectivity index (χ0v) is 13.6. The molecule has 4 rings (SSSR count). The summed E-state index contributed by atoms with van der Waals surface area (Å²) >= 11 is 0. The Labute approximate surface area is 140 Å². The fourth-order valence-electron chi connectivity index (χ4n) is 3.26. The second-order valence-corrected chi connectivity index (χ2v) is 5.94. The first-order chi connectivity index (χ1) is 11.8. The molecule has 3 aromatic rings. The molecule has 0 amide bonds. The number of nitrogens with zero attached hydrogens (tertiary/aromatic N) is 5. The maximum absolute atomic E-state index is 5.50. The molecular weight excluding hydrogens is 304 g/mol. The summed E-state index contributed by atoms with van der Waals surface area (Å²) in [6.45, 7) is 1.93. The van der Waals surface area contributed by atoms with Crippen LogP contribution in [-0.2, 0) is 0 Å². The van der Waals surface area contributed by atoms with Crippen molar-refractivity contribution in [3.8, 4) is 5.75 Å². The van der Waals surface area contributed by atoms with Crippen LogP contribution < -0.4 is 15.0 Å². The summed E-state index contributed by atoms with van der Waals surface area (Å²) in [5.41, 5.74) is 1.90. The minimum atomic E-state index is 0.305. The Bertz CT molecular complexity index is 833. The minimum absolute atomic E-state index is 0.305. The number of hydrogen-bond acceptors (Lipinski definition) is 6. The van der Waals surface area contributed by atoms with Gasteiger partial charge in [0.25, 0.3) is 0 Å². The summed E-state index contributed by atoms with van der Waals surface area (Å²) in [5, 5.41) is 11.6. The number of fused-ring (bicyclic) bond motifs is 1. The van der Waals surface area contributed by atoms with Crippen molar-refractivity contribution in [1.29, 1.82) is 0 Å². The molecule has 1 aromatic carbocycles. The van der Waals surface area contributed by atoms with Crippen LogP contribution in [-0.4, -0.2) is 45.8 Å². The lowest BCUT2D eigenvalue weighted by Gasteiger charge is -2.35. The van der Waals surface area contributed by atoms with E-state index >= 15 is 0 Å². The predicted molar refractivity (Wildman–Crippen MR) is 92.6 cm³/mol. The number of rotatable bonds is 4. The van der Waals surface area contributed by atoms with E-state index in [9.17, 15) is 0 Å². The molecule has 0 aliphatic carbocycles. The lowest BCUT2D eigenvalue weighted by molar-refractivity contribution is 0.411. The molecule has 0 bridgehead atoms. The Morgan fingerprint density at radius 3 is 3.12 bits per heavy atom. The summed E-state index contributed by atoms with van der Waals surface area (Å²) in [6.07, 6.45) is 7.51. The highest BCUT2D eigenvalue weighted by Gasteiger charge is 2.23. The zero-order valence-electron chi connectivity index (χ0n) is 13.6. The minimum Gasteiger partial charge on any atom is -0.495 e. The van der Waals surface area contributed by atoms with Crippen LogP contribution in [0.15, 0.2) is 43.0 Å². The van der Waals surface area contributed by atoms with Crippen LogP contribution in [0, 0.1) is 0 Å². The van der Waals surface area contributed by atoms with Crippen LogP contribution in [0.2, 0.25) is 0 Å². The van der Waals surface area contributed by atoms with Crippen LogP contribution in [0.3, 0.4) is 0 Å². The SMILES string of the molecule is COc1ccccc1N1CCCC(Nc2nccn3cnnc23)C1. The van der Waals surface area contributed by atoms with E-state index in [2.05, 4.69) is 31.5 Å². The van der Waals surface area contributed by atoms with E-state index in [1.165, 1.54) is 0 Å². The molecule has 1 fully saturated rings. The topological polar surface area (TPSA) is 67.6 Å². The van der Waals surface area contributed by atoms with Gasteiger partial charge in [0.05, 0.1) is 12.8 Å². The van der Waals surface area contributed by atoms with Crippen LogP contribution in [0.1, 0.15) is 12.8 Å². The number of anilines is 2. The molecule has 0 saturated carbocycles. The summed E-state index contributed by atoms with van der Waals surface area (Å²) in [6, 6.07) is 8.47. The second-order valence-electron chi connectivity index (χ2n) is 5.94. The molecule has 1 saturated heterocycles. The van der Waals surface area contributed by atoms with Gasteiger partial charge in [-0.1, -0.05) is 12.1 Å². The van der Waals surface area contributed by atoms with E-state index in [4.69, 9.17) is 4.74 Å². The van der Waals surface area contributed by atoms with Crippen molar-refractivity contribution in [2.45, 2.75) is 18.9 Å². The second kappa shape index (κ2) is 6.35. The maximum atomic E-state index is 5.50. The van der Waals surface area contributed by atoms with Gasteiger partial charge in [-0.15, -0.1) is 10.2 Å². The van der Waals surface area contributed by atoms with Crippen LogP contribution in [0.4, 0.5) is 11.5 Å². The number of aromatic nitrogens is 4. The summed E-state index contributed by atoms with van der Waals surface area (Å²) in [7, 11) is 1.72. The molecule has 24 heavy (non-hydrogen) atoms. The molecule has 1 aliphatic heterocycles. The quantitative estimate of drug-likeness (QED) is 0.794. The Kier molecular flexibility index (Phi) is 3.90. The van der Waals surface area contributed by atoms with E-state index in [1.807, 2.05) is 28.8 Å². The maximum Gasteiger partial charge on any atom is 0.203 e. The molecule has 1 unspecified atom stereocenters. The Morgan fingerprint density at radius 1 is 1.29 bits per heavy atom. The van der Waals surface area contributed by atoms with Crippen molar-refractivity contribution in [3.05, 3.63) is 43.0 Å². The van der Waals surface area contributed by atoms with E-state index < -0.39 is 0 Å². The lowest BCUT2D eigenvalue weighted by atomic mass is 10.0. The van der Waals surface area contributed by atoms with Gasteiger partial charge in [0, 0.05) is 31.5 Å². The fraction of sp³-hybridized carbons (Fsp3) is 0.353. The predicted octanol–water partition coefficient (Wildman–Crippen LogP) is 2.21. The van der Waals surface area contributed by atoms with Crippen molar-refractivity contribution in [3.63, 3.8) is 0 Å². The first-order valence-electron chi connectivity index (χ1n) is 8.14. The van der Waals surface area contributed by atoms with Crippen molar-refractivity contribution in [2.75, 3.05) is 30.4 Å². The molecule has 124 valence electrons.